The second kappa shape index (κ2) is 6.66. The average Bonchev–Trinajstić information content (AvgIpc) is 2.86. The van der Waals surface area contributed by atoms with E-state index in [0.29, 0.717) is 25.3 Å². The molecule has 1 heterocycles. The maximum absolute atomic E-state index is 11.1. The summed E-state index contributed by atoms with van der Waals surface area (Å²) < 4.78 is 29.3. The maximum atomic E-state index is 11.1. The molecule has 0 amide bonds. The number of rotatable bonds is 7. The number of ether oxygens (including phenoxy) is 1. The summed E-state index contributed by atoms with van der Waals surface area (Å²) in [5.74, 6) is 0.540. The zero-order valence-corrected chi connectivity index (χ0v) is 12.0. The number of hydrogen-bond donors (Lipinski definition) is 2. The van der Waals surface area contributed by atoms with E-state index < -0.39 is 10.0 Å². The van der Waals surface area contributed by atoms with Crippen molar-refractivity contribution in [3.63, 3.8) is 0 Å². The zero-order chi connectivity index (χ0) is 15.3. The van der Waals surface area contributed by atoms with Crippen molar-refractivity contribution in [2.24, 2.45) is 5.14 Å². The zero-order valence-electron chi connectivity index (χ0n) is 11.2. The molecule has 0 spiro atoms. The molecule has 0 atom stereocenters. The van der Waals surface area contributed by atoms with Gasteiger partial charge in [0.2, 0.25) is 10.0 Å². The Morgan fingerprint density at radius 2 is 2.00 bits per heavy atom. The van der Waals surface area contributed by atoms with Crippen molar-refractivity contribution < 1.29 is 18.3 Å². The molecule has 2 rings (SSSR count). The Labute approximate surface area is 122 Å². The third-order valence-electron chi connectivity index (χ3n) is 2.70. The molecule has 2 aromatic rings. The largest absolute Gasteiger partial charge is 0.492 e. The first-order valence-electron chi connectivity index (χ1n) is 6.24. The van der Waals surface area contributed by atoms with Gasteiger partial charge in [-0.1, -0.05) is 5.21 Å². The highest BCUT2D eigenvalue weighted by atomic mass is 32.2. The Morgan fingerprint density at radius 3 is 2.62 bits per heavy atom. The van der Waals surface area contributed by atoms with Crippen LogP contribution >= 0.6 is 0 Å². The van der Waals surface area contributed by atoms with Crippen LogP contribution in [0.25, 0.3) is 0 Å². The number of aliphatic hydroxyl groups is 1. The van der Waals surface area contributed by atoms with E-state index in [1.807, 2.05) is 0 Å². The molecular formula is C12H16N4O4S. The molecule has 0 saturated carbocycles. The van der Waals surface area contributed by atoms with E-state index in [9.17, 15) is 8.42 Å². The minimum atomic E-state index is -3.68. The third kappa shape index (κ3) is 4.52. The van der Waals surface area contributed by atoms with Gasteiger partial charge < -0.3 is 9.84 Å². The van der Waals surface area contributed by atoms with Crippen molar-refractivity contribution in [3.05, 3.63) is 36.2 Å². The first-order chi connectivity index (χ1) is 9.99. The summed E-state index contributed by atoms with van der Waals surface area (Å²) in [7, 11) is -3.68. The minimum Gasteiger partial charge on any atom is -0.492 e. The van der Waals surface area contributed by atoms with E-state index in [2.05, 4.69) is 10.3 Å². The second-order valence-corrected chi connectivity index (χ2v) is 5.87. The molecule has 0 unspecified atom stereocenters. The van der Waals surface area contributed by atoms with Crippen LogP contribution in [-0.4, -0.2) is 41.7 Å². The lowest BCUT2D eigenvalue weighted by Gasteiger charge is -2.06. The second-order valence-electron chi connectivity index (χ2n) is 4.31. The van der Waals surface area contributed by atoms with Crippen molar-refractivity contribution in [1.29, 1.82) is 0 Å². The third-order valence-corrected chi connectivity index (χ3v) is 3.62. The van der Waals surface area contributed by atoms with Gasteiger partial charge in [-0.25, -0.2) is 18.2 Å². The van der Waals surface area contributed by atoms with Gasteiger partial charge in [0.25, 0.3) is 0 Å². The van der Waals surface area contributed by atoms with E-state index in [1.165, 1.54) is 24.3 Å². The molecule has 3 N–H and O–H groups in total. The molecule has 21 heavy (non-hydrogen) atoms. The molecule has 9 heteroatoms. The van der Waals surface area contributed by atoms with E-state index >= 15 is 0 Å². The standard InChI is InChI=1S/C12H16N4O4S/c13-21(18,19)12-3-1-11(2-4-12)20-8-6-16-9-10(5-7-17)14-15-16/h1-4,9,17H,5-8H2,(H2,13,18,19). The molecule has 8 nitrogen and oxygen atoms in total. The molecule has 0 saturated heterocycles. The van der Waals surface area contributed by atoms with Crippen LogP contribution in [-0.2, 0) is 23.0 Å². The van der Waals surface area contributed by atoms with Gasteiger partial charge in [0.05, 0.1) is 17.1 Å². The van der Waals surface area contributed by atoms with Crippen molar-refractivity contribution in [2.45, 2.75) is 17.9 Å². The van der Waals surface area contributed by atoms with Gasteiger partial charge in [0.1, 0.15) is 12.4 Å². The molecule has 0 fully saturated rings. The Hall–Kier alpha value is -1.97. The number of aromatic nitrogens is 3. The van der Waals surface area contributed by atoms with Crippen molar-refractivity contribution in [2.75, 3.05) is 13.2 Å². The van der Waals surface area contributed by atoms with Gasteiger partial charge in [-0.3, -0.25) is 0 Å². The summed E-state index contributed by atoms with van der Waals surface area (Å²) in [5.41, 5.74) is 0.718. The molecule has 1 aromatic heterocycles. The Morgan fingerprint density at radius 1 is 1.29 bits per heavy atom. The highest BCUT2D eigenvalue weighted by Crippen LogP contribution is 2.14. The fourth-order valence-corrected chi connectivity index (χ4v) is 2.17. The lowest BCUT2D eigenvalue weighted by molar-refractivity contribution is 0.289. The van der Waals surface area contributed by atoms with Gasteiger partial charge in [-0.05, 0) is 24.3 Å². The minimum absolute atomic E-state index is 0.0333. The lowest BCUT2D eigenvalue weighted by Crippen LogP contribution is -2.12. The van der Waals surface area contributed by atoms with Gasteiger partial charge in [-0.15, -0.1) is 5.10 Å². The van der Waals surface area contributed by atoms with E-state index in [1.54, 1.807) is 10.9 Å². The maximum Gasteiger partial charge on any atom is 0.238 e. The van der Waals surface area contributed by atoms with Gasteiger partial charge in [0, 0.05) is 19.2 Å². The molecule has 0 aliphatic rings. The van der Waals surface area contributed by atoms with Gasteiger partial charge in [0.15, 0.2) is 0 Å². The fourth-order valence-electron chi connectivity index (χ4n) is 1.66. The summed E-state index contributed by atoms with van der Waals surface area (Å²) in [5, 5.41) is 21.6. The molecule has 0 radical (unpaired) electrons. The SMILES string of the molecule is NS(=O)(=O)c1ccc(OCCn2cc(CCO)nn2)cc1. The molecule has 0 aliphatic carbocycles. The number of hydrogen-bond acceptors (Lipinski definition) is 6. The molecular weight excluding hydrogens is 296 g/mol. The smallest absolute Gasteiger partial charge is 0.238 e. The molecule has 0 aliphatic heterocycles. The predicted molar refractivity (Wildman–Crippen MR) is 74.1 cm³/mol. The topological polar surface area (TPSA) is 120 Å². The van der Waals surface area contributed by atoms with E-state index in [4.69, 9.17) is 15.0 Å². The quantitative estimate of drug-likeness (QED) is 0.713. The number of sulfonamides is 1. The van der Waals surface area contributed by atoms with Crippen LogP contribution in [0.1, 0.15) is 5.69 Å². The van der Waals surface area contributed by atoms with Crippen LogP contribution < -0.4 is 9.88 Å². The van der Waals surface area contributed by atoms with Crippen molar-refractivity contribution >= 4 is 10.0 Å². The highest BCUT2D eigenvalue weighted by Gasteiger charge is 2.07. The summed E-state index contributed by atoms with van der Waals surface area (Å²) in [4.78, 5) is 0.0415. The van der Waals surface area contributed by atoms with Crippen LogP contribution in [0.15, 0.2) is 35.4 Å². The van der Waals surface area contributed by atoms with Crippen LogP contribution in [0.5, 0.6) is 5.75 Å². The first kappa shape index (κ1) is 15.4. The lowest BCUT2D eigenvalue weighted by atomic mass is 10.3. The van der Waals surface area contributed by atoms with Crippen LogP contribution in [0.3, 0.4) is 0 Å². The van der Waals surface area contributed by atoms with Crippen molar-refractivity contribution in [3.8, 4) is 5.75 Å². The molecule has 114 valence electrons. The number of aliphatic hydroxyl groups excluding tert-OH is 1. The number of benzene rings is 1. The molecule has 1 aromatic carbocycles. The van der Waals surface area contributed by atoms with E-state index in [-0.39, 0.29) is 11.5 Å². The Bertz CT molecular complexity index is 682. The van der Waals surface area contributed by atoms with Gasteiger partial charge in [-0.2, -0.15) is 0 Å². The van der Waals surface area contributed by atoms with Crippen LogP contribution in [0.2, 0.25) is 0 Å². The highest BCUT2D eigenvalue weighted by molar-refractivity contribution is 7.89. The number of primary sulfonamides is 1. The van der Waals surface area contributed by atoms with Crippen molar-refractivity contribution in [1.82, 2.24) is 15.0 Å². The monoisotopic (exact) mass is 312 g/mol. The van der Waals surface area contributed by atoms with Gasteiger partial charge >= 0.3 is 0 Å². The van der Waals surface area contributed by atoms with Crippen LogP contribution in [0.4, 0.5) is 0 Å². The first-order valence-corrected chi connectivity index (χ1v) is 7.79. The summed E-state index contributed by atoms with van der Waals surface area (Å²) in [6.07, 6.45) is 2.21. The summed E-state index contributed by atoms with van der Waals surface area (Å²) in [6, 6.07) is 5.86. The normalized spacial score (nSPS) is 11.5. The summed E-state index contributed by atoms with van der Waals surface area (Å²) in [6.45, 7) is 0.887. The fraction of sp³-hybridized carbons (Fsp3) is 0.333. The van der Waals surface area contributed by atoms with Crippen LogP contribution in [0, 0.1) is 0 Å². The Balaban J connectivity index is 1.85. The Kier molecular flexibility index (Phi) is 4.89. The van der Waals surface area contributed by atoms with E-state index in [0.717, 1.165) is 5.69 Å². The number of nitrogens with zero attached hydrogens (tertiary/aromatic N) is 3. The average molecular weight is 312 g/mol. The molecule has 0 bridgehead atoms. The predicted octanol–water partition coefficient (Wildman–Crippen LogP) is -0.461. The number of nitrogens with two attached hydrogens (primary N) is 1. The summed E-state index contributed by atoms with van der Waals surface area (Å²) >= 11 is 0.